The van der Waals surface area contributed by atoms with Gasteiger partial charge in [0.15, 0.2) is 5.82 Å². The van der Waals surface area contributed by atoms with Crippen LogP contribution in [-0.4, -0.2) is 75.7 Å². The van der Waals surface area contributed by atoms with Crippen molar-refractivity contribution in [2.75, 3.05) is 50.9 Å². The maximum atomic E-state index is 12.1. The Balaban J connectivity index is 1.28. The van der Waals surface area contributed by atoms with E-state index in [0.717, 1.165) is 35.6 Å². The standard InChI is InChI=1S/C21H26N6O4S/c1-2-3-13-31-21(28)27-11-9-26(10-12-27)19-20(23-8-7-22-19)30-15-14-29-17-6-4-5-16-18(17)25-32-24-16/h4-8H,2-3,9-15H2,1H3. The second-order valence-electron chi connectivity index (χ2n) is 7.21. The highest BCUT2D eigenvalue weighted by Crippen LogP contribution is 2.25. The Morgan fingerprint density at radius 3 is 2.69 bits per heavy atom. The highest BCUT2D eigenvalue weighted by molar-refractivity contribution is 7.00. The van der Waals surface area contributed by atoms with E-state index in [1.165, 1.54) is 0 Å². The minimum Gasteiger partial charge on any atom is -0.488 e. The fourth-order valence-electron chi connectivity index (χ4n) is 3.32. The van der Waals surface area contributed by atoms with E-state index < -0.39 is 0 Å². The molecule has 0 atom stereocenters. The molecule has 0 spiro atoms. The van der Waals surface area contributed by atoms with Crippen LogP contribution in [0, 0.1) is 0 Å². The summed E-state index contributed by atoms with van der Waals surface area (Å²) in [5.74, 6) is 1.79. The number of benzene rings is 1. The topological polar surface area (TPSA) is 103 Å². The quantitative estimate of drug-likeness (QED) is 0.448. The second-order valence-corrected chi connectivity index (χ2v) is 7.74. The Morgan fingerprint density at radius 1 is 1.03 bits per heavy atom. The molecular weight excluding hydrogens is 432 g/mol. The summed E-state index contributed by atoms with van der Waals surface area (Å²) >= 11 is 1.16. The summed E-state index contributed by atoms with van der Waals surface area (Å²) in [5, 5.41) is 0. The molecular formula is C21H26N6O4S. The first-order valence-corrected chi connectivity index (χ1v) is 11.4. The van der Waals surface area contributed by atoms with Crippen LogP contribution in [0.1, 0.15) is 19.8 Å². The van der Waals surface area contributed by atoms with Gasteiger partial charge in [-0.1, -0.05) is 19.4 Å². The maximum absolute atomic E-state index is 12.1. The van der Waals surface area contributed by atoms with Gasteiger partial charge < -0.3 is 24.0 Å². The molecule has 0 radical (unpaired) electrons. The van der Waals surface area contributed by atoms with Gasteiger partial charge >= 0.3 is 6.09 Å². The molecule has 0 N–H and O–H groups in total. The first kappa shape index (κ1) is 22.0. The Kier molecular flexibility index (Phi) is 7.49. The van der Waals surface area contributed by atoms with Crippen molar-refractivity contribution in [1.29, 1.82) is 0 Å². The van der Waals surface area contributed by atoms with E-state index in [9.17, 15) is 4.79 Å². The van der Waals surface area contributed by atoms with Crippen molar-refractivity contribution in [2.24, 2.45) is 0 Å². The van der Waals surface area contributed by atoms with Crippen LogP contribution in [0.3, 0.4) is 0 Å². The molecule has 0 bridgehead atoms. The first-order chi connectivity index (χ1) is 15.8. The van der Waals surface area contributed by atoms with Gasteiger partial charge in [0.25, 0.3) is 5.88 Å². The molecule has 1 aliphatic heterocycles. The summed E-state index contributed by atoms with van der Waals surface area (Å²) in [4.78, 5) is 24.7. The van der Waals surface area contributed by atoms with Crippen molar-refractivity contribution in [3.05, 3.63) is 30.6 Å². The van der Waals surface area contributed by atoms with E-state index in [1.807, 2.05) is 18.2 Å². The van der Waals surface area contributed by atoms with Crippen molar-refractivity contribution in [3.8, 4) is 11.6 Å². The lowest BCUT2D eigenvalue weighted by Crippen LogP contribution is -2.49. The van der Waals surface area contributed by atoms with Crippen LogP contribution in [0.25, 0.3) is 11.0 Å². The summed E-state index contributed by atoms with van der Waals surface area (Å²) in [6.07, 6.45) is 4.87. The van der Waals surface area contributed by atoms with Gasteiger partial charge in [-0.25, -0.2) is 14.8 Å². The van der Waals surface area contributed by atoms with E-state index in [4.69, 9.17) is 14.2 Å². The summed E-state index contributed by atoms with van der Waals surface area (Å²) in [5.41, 5.74) is 1.57. The van der Waals surface area contributed by atoms with Crippen molar-refractivity contribution >= 4 is 34.7 Å². The molecule has 170 valence electrons. The van der Waals surface area contributed by atoms with E-state index in [2.05, 4.69) is 30.5 Å². The number of piperazine rings is 1. The monoisotopic (exact) mass is 458 g/mol. The smallest absolute Gasteiger partial charge is 0.409 e. The van der Waals surface area contributed by atoms with Crippen LogP contribution in [0.2, 0.25) is 0 Å². The third kappa shape index (κ3) is 5.34. The van der Waals surface area contributed by atoms with E-state index in [-0.39, 0.29) is 6.09 Å². The molecule has 0 unspecified atom stereocenters. The van der Waals surface area contributed by atoms with Gasteiger partial charge in [0.05, 0.1) is 18.3 Å². The van der Waals surface area contributed by atoms with E-state index in [1.54, 1.807) is 17.3 Å². The summed E-state index contributed by atoms with van der Waals surface area (Å²) in [6, 6.07) is 5.66. The fourth-order valence-corrected chi connectivity index (χ4v) is 3.86. The number of ether oxygens (including phenoxy) is 3. The Labute approximate surface area is 190 Å². The summed E-state index contributed by atoms with van der Waals surface area (Å²) in [7, 11) is 0. The van der Waals surface area contributed by atoms with Crippen molar-refractivity contribution in [2.45, 2.75) is 19.8 Å². The number of carbonyl (C=O) groups is 1. The molecule has 1 saturated heterocycles. The largest absolute Gasteiger partial charge is 0.488 e. The molecule has 1 fully saturated rings. The van der Waals surface area contributed by atoms with E-state index in [0.29, 0.717) is 63.4 Å². The number of rotatable bonds is 9. The minimum absolute atomic E-state index is 0.254. The zero-order chi connectivity index (χ0) is 22.2. The number of unbranched alkanes of at least 4 members (excludes halogenated alkanes) is 1. The number of anilines is 1. The summed E-state index contributed by atoms with van der Waals surface area (Å²) in [6.45, 7) is 5.57. The van der Waals surface area contributed by atoms with Crippen molar-refractivity contribution < 1.29 is 19.0 Å². The number of fused-ring (bicyclic) bond motifs is 1. The van der Waals surface area contributed by atoms with Crippen LogP contribution in [0.5, 0.6) is 11.6 Å². The fraction of sp³-hybridized carbons (Fsp3) is 0.476. The SMILES string of the molecule is CCCCOC(=O)N1CCN(c2nccnc2OCCOc2cccc3nsnc23)CC1. The molecule has 0 saturated carbocycles. The third-order valence-electron chi connectivity index (χ3n) is 5.04. The molecule has 0 aliphatic carbocycles. The second kappa shape index (κ2) is 10.9. The molecule has 3 aromatic rings. The Hall–Kier alpha value is -3.21. The predicted molar refractivity (Wildman–Crippen MR) is 120 cm³/mol. The van der Waals surface area contributed by atoms with Crippen molar-refractivity contribution in [3.63, 3.8) is 0 Å². The molecule has 11 heteroatoms. The van der Waals surface area contributed by atoms with Crippen LogP contribution < -0.4 is 14.4 Å². The molecule has 1 amide bonds. The van der Waals surface area contributed by atoms with Gasteiger partial charge in [-0.2, -0.15) is 8.75 Å². The van der Waals surface area contributed by atoms with Gasteiger partial charge in [0.1, 0.15) is 30.0 Å². The first-order valence-electron chi connectivity index (χ1n) is 10.7. The number of hydrogen-bond donors (Lipinski definition) is 0. The number of aromatic nitrogens is 4. The average Bonchev–Trinajstić information content (AvgIpc) is 3.32. The molecule has 3 heterocycles. The normalized spacial score (nSPS) is 13.9. The van der Waals surface area contributed by atoms with Crippen LogP contribution >= 0.6 is 11.7 Å². The number of amides is 1. The Bertz CT molecular complexity index is 1020. The van der Waals surface area contributed by atoms with Gasteiger partial charge in [-0.3, -0.25) is 0 Å². The van der Waals surface area contributed by atoms with Crippen LogP contribution in [0.4, 0.5) is 10.6 Å². The Morgan fingerprint density at radius 2 is 1.84 bits per heavy atom. The summed E-state index contributed by atoms with van der Waals surface area (Å²) < 4.78 is 25.5. The van der Waals surface area contributed by atoms with Crippen LogP contribution in [0.15, 0.2) is 30.6 Å². The highest BCUT2D eigenvalue weighted by Gasteiger charge is 2.25. The lowest BCUT2D eigenvalue weighted by Gasteiger charge is -2.35. The number of nitrogens with zero attached hydrogens (tertiary/aromatic N) is 6. The van der Waals surface area contributed by atoms with Gasteiger partial charge in [0, 0.05) is 38.6 Å². The molecule has 1 aliphatic rings. The zero-order valence-corrected chi connectivity index (χ0v) is 18.8. The molecule has 1 aromatic carbocycles. The van der Waals surface area contributed by atoms with Gasteiger partial charge in [-0.15, -0.1) is 0 Å². The minimum atomic E-state index is -0.254. The van der Waals surface area contributed by atoms with E-state index >= 15 is 0 Å². The lowest BCUT2D eigenvalue weighted by atomic mass is 10.3. The van der Waals surface area contributed by atoms with Crippen molar-refractivity contribution in [1.82, 2.24) is 23.6 Å². The average molecular weight is 459 g/mol. The van der Waals surface area contributed by atoms with Crippen LogP contribution in [-0.2, 0) is 4.74 Å². The third-order valence-corrected chi connectivity index (χ3v) is 5.58. The molecule has 32 heavy (non-hydrogen) atoms. The maximum Gasteiger partial charge on any atom is 0.409 e. The predicted octanol–water partition coefficient (Wildman–Crippen LogP) is 3.00. The highest BCUT2D eigenvalue weighted by atomic mass is 32.1. The number of hydrogen-bond acceptors (Lipinski definition) is 10. The lowest BCUT2D eigenvalue weighted by molar-refractivity contribution is 0.0988. The zero-order valence-electron chi connectivity index (χ0n) is 18.0. The van der Waals surface area contributed by atoms with Gasteiger partial charge in [0.2, 0.25) is 0 Å². The van der Waals surface area contributed by atoms with Gasteiger partial charge in [-0.05, 0) is 18.6 Å². The molecule has 2 aromatic heterocycles. The molecule has 10 nitrogen and oxygen atoms in total. The molecule has 4 rings (SSSR count). The number of carbonyl (C=O) groups excluding carboxylic acids is 1.